The number of benzene rings is 1. The van der Waals surface area contributed by atoms with E-state index < -0.39 is 26.0 Å². The predicted molar refractivity (Wildman–Crippen MR) is 91.5 cm³/mol. The van der Waals surface area contributed by atoms with Crippen molar-refractivity contribution >= 4 is 37.6 Å². The van der Waals surface area contributed by atoms with Crippen molar-refractivity contribution in [2.24, 2.45) is 5.14 Å². The Morgan fingerprint density at radius 3 is 2.42 bits per heavy atom. The van der Waals surface area contributed by atoms with Gasteiger partial charge in [0.2, 0.25) is 15.1 Å². The normalized spacial score (nSPS) is 12.3. The maximum Gasteiger partial charge on any atom is 0.340 e. The number of halogens is 1. The summed E-state index contributed by atoms with van der Waals surface area (Å²) in [6.07, 6.45) is 0. The molecule has 9 nitrogen and oxygen atoms in total. The predicted octanol–water partition coefficient (Wildman–Crippen LogP) is 1.19. The summed E-state index contributed by atoms with van der Waals surface area (Å²) < 4.78 is 57.7. The number of carbonyl (C=O) groups is 1. The van der Waals surface area contributed by atoms with Crippen molar-refractivity contribution in [1.29, 1.82) is 0 Å². The molecule has 2 aromatic rings. The Morgan fingerprint density at radius 1 is 1.19 bits per heavy atom. The lowest BCUT2D eigenvalue weighted by atomic mass is 10.2. The molecule has 0 fully saturated rings. The summed E-state index contributed by atoms with van der Waals surface area (Å²) in [5.41, 5.74) is -0.203. The van der Waals surface area contributed by atoms with Gasteiger partial charge in [-0.25, -0.2) is 31.1 Å². The van der Waals surface area contributed by atoms with Crippen LogP contribution < -0.4 is 5.14 Å². The van der Waals surface area contributed by atoms with Crippen molar-refractivity contribution in [3.8, 4) is 0 Å². The second-order valence-electron chi connectivity index (χ2n) is 5.27. The minimum Gasteiger partial charge on any atom is -0.454 e. The van der Waals surface area contributed by atoms with Crippen molar-refractivity contribution in [1.82, 2.24) is 4.31 Å². The summed E-state index contributed by atoms with van der Waals surface area (Å²) in [5, 5.41) is 4.68. The van der Waals surface area contributed by atoms with E-state index in [1.165, 1.54) is 32.3 Å². The second-order valence-corrected chi connectivity index (χ2v) is 9.32. The summed E-state index contributed by atoms with van der Waals surface area (Å²) >= 11 is 5.88. The second kappa shape index (κ2) is 7.37. The fourth-order valence-electron chi connectivity index (χ4n) is 1.81. The summed E-state index contributed by atoms with van der Waals surface area (Å²) in [5.74, 6) is -0.841. The Kier molecular flexibility index (Phi) is 5.78. The number of hydrogen-bond acceptors (Lipinski definition) is 7. The third-order valence-electron chi connectivity index (χ3n) is 3.20. The average Bonchev–Trinajstić information content (AvgIpc) is 3.01. The highest BCUT2D eigenvalue weighted by Gasteiger charge is 2.22. The molecule has 26 heavy (non-hydrogen) atoms. The van der Waals surface area contributed by atoms with Gasteiger partial charge in [0.15, 0.2) is 0 Å². The fourth-order valence-corrected chi connectivity index (χ4v) is 3.35. The Bertz CT molecular complexity index is 1040. The van der Waals surface area contributed by atoms with Crippen LogP contribution in [-0.4, -0.2) is 41.2 Å². The van der Waals surface area contributed by atoms with Crippen molar-refractivity contribution in [3.05, 3.63) is 46.7 Å². The van der Waals surface area contributed by atoms with Crippen LogP contribution in [0, 0.1) is 0 Å². The van der Waals surface area contributed by atoms with Gasteiger partial charge >= 0.3 is 5.97 Å². The van der Waals surface area contributed by atoms with Gasteiger partial charge in [0.25, 0.3) is 10.0 Å². The van der Waals surface area contributed by atoms with E-state index in [2.05, 4.69) is 0 Å². The quantitative estimate of drug-likeness (QED) is 0.690. The molecule has 0 aliphatic carbocycles. The number of nitrogens with two attached hydrogens (primary N) is 1. The molecule has 0 radical (unpaired) electrons. The standard InChI is InChI=1S/C14H15ClN2O7S2/c1-17(2)26(21,22)13-6-3-9(24-13)8-23-14(18)11-7-10(25(16,19)20)4-5-12(11)15/h3-7H,8H2,1-2H3,(H2,16,19,20). The summed E-state index contributed by atoms with van der Waals surface area (Å²) in [4.78, 5) is 11.8. The van der Waals surface area contributed by atoms with E-state index in [1.807, 2.05) is 0 Å². The van der Waals surface area contributed by atoms with Gasteiger partial charge < -0.3 is 9.15 Å². The van der Waals surface area contributed by atoms with Crippen LogP contribution >= 0.6 is 11.6 Å². The highest BCUT2D eigenvalue weighted by atomic mass is 35.5. The smallest absolute Gasteiger partial charge is 0.340 e. The van der Waals surface area contributed by atoms with E-state index in [4.69, 9.17) is 25.9 Å². The number of esters is 1. The lowest BCUT2D eigenvalue weighted by Gasteiger charge is -2.08. The first-order valence-electron chi connectivity index (χ1n) is 6.93. The van der Waals surface area contributed by atoms with E-state index in [9.17, 15) is 21.6 Å². The van der Waals surface area contributed by atoms with Crippen LogP contribution in [0.15, 0.2) is 44.7 Å². The first-order valence-corrected chi connectivity index (χ1v) is 10.3. The number of nitrogens with zero attached hydrogens (tertiary/aromatic N) is 1. The SMILES string of the molecule is CN(C)S(=O)(=O)c1ccc(COC(=O)c2cc(S(N)(=O)=O)ccc2Cl)o1. The van der Waals surface area contributed by atoms with Crippen molar-refractivity contribution in [2.75, 3.05) is 14.1 Å². The maximum absolute atomic E-state index is 12.1. The van der Waals surface area contributed by atoms with E-state index in [1.54, 1.807) is 0 Å². The minimum absolute atomic E-state index is 0.0299. The van der Waals surface area contributed by atoms with Crippen LogP contribution in [0.1, 0.15) is 16.1 Å². The third kappa shape index (κ3) is 4.43. The molecule has 2 N–H and O–H groups in total. The Labute approximate surface area is 155 Å². The van der Waals surface area contributed by atoms with Gasteiger partial charge in [-0.3, -0.25) is 0 Å². The van der Waals surface area contributed by atoms with Crippen LogP contribution in [0.2, 0.25) is 5.02 Å². The highest BCUT2D eigenvalue weighted by molar-refractivity contribution is 7.89. The minimum atomic E-state index is -4.02. The first kappa shape index (κ1) is 20.4. The number of furan rings is 1. The molecule has 0 saturated carbocycles. The summed E-state index contributed by atoms with van der Waals surface area (Å²) in [7, 11) is -5.08. The molecule has 0 unspecified atom stereocenters. The molecule has 2 rings (SSSR count). The molecular formula is C14H15ClN2O7S2. The molecule has 142 valence electrons. The van der Waals surface area contributed by atoms with Crippen molar-refractivity contribution < 1.29 is 30.8 Å². The van der Waals surface area contributed by atoms with Gasteiger partial charge in [-0.1, -0.05) is 11.6 Å². The molecular weight excluding hydrogens is 408 g/mol. The molecule has 1 heterocycles. The van der Waals surface area contributed by atoms with Crippen LogP contribution in [0.5, 0.6) is 0 Å². The van der Waals surface area contributed by atoms with Gasteiger partial charge in [0.1, 0.15) is 12.4 Å². The van der Waals surface area contributed by atoms with E-state index >= 15 is 0 Å². The fraction of sp³-hybridized carbons (Fsp3) is 0.214. The number of sulfonamides is 2. The topological polar surface area (TPSA) is 137 Å². The van der Waals surface area contributed by atoms with Crippen LogP contribution in [0.4, 0.5) is 0 Å². The zero-order chi connectivity index (χ0) is 19.7. The zero-order valence-corrected chi connectivity index (χ0v) is 16.1. The summed E-state index contributed by atoms with van der Waals surface area (Å²) in [6.45, 7) is -0.377. The molecule has 0 saturated heterocycles. The highest BCUT2D eigenvalue weighted by Crippen LogP contribution is 2.22. The van der Waals surface area contributed by atoms with E-state index in [0.717, 1.165) is 16.4 Å². The third-order valence-corrected chi connectivity index (χ3v) is 6.13. The molecule has 0 bridgehead atoms. The number of rotatable bonds is 6. The Morgan fingerprint density at radius 2 is 1.85 bits per heavy atom. The van der Waals surface area contributed by atoms with Crippen LogP contribution in [0.3, 0.4) is 0 Å². The van der Waals surface area contributed by atoms with Gasteiger partial charge in [-0.2, -0.15) is 0 Å². The Balaban J connectivity index is 2.17. The Hall–Kier alpha value is -1.92. The zero-order valence-electron chi connectivity index (χ0n) is 13.7. The molecule has 12 heteroatoms. The number of carbonyl (C=O) groups excluding carboxylic acids is 1. The van der Waals surface area contributed by atoms with Gasteiger partial charge in [-0.05, 0) is 30.3 Å². The maximum atomic E-state index is 12.1. The molecule has 1 aromatic carbocycles. The molecule has 0 spiro atoms. The molecule has 1 aromatic heterocycles. The lowest BCUT2D eigenvalue weighted by molar-refractivity contribution is 0.0440. The summed E-state index contributed by atoms with van der Waals surface area (Å²) in [6, 6.07) is 5.91. The van der Waals surface area contributed by atoms with Crippen LogP contribution in [-0.2, 0) is 31.4 Å². The number of primary sulfonamides is 1. The lowest BCUT2D eigenvalue weighted by Crippen LogP contribution is -2.21. The largest absolute Gasteiger partial charge is 0.454 e. The monoisotopic (exact) mass is 422 g/mol. The van der Waals surface area contributed by atoms with E-state index in [-0.39, 0.29) is 32.9 Å². The van der Waals surface area contributed by atoms with Gasteiger partial charge in [0, 0.05) is 14.1 Å². The number of ether oxygens (including phenoxy) is 1. The van der Waals surface area contributed by atoms with Crippen molar-refractivity contribution in [2.45, 2.75) is 16.6 Å². The number of hydrogen-bond donors (Lipinski definition) is 1. The molecule has 0 aliphatic heterocycles. The molecule has 0 aliphatic rings. The van der Waals surface area contributed by atoms with Gasteiger partial charge in [0.05, 0.1) is 15.5 Å². The molecule has 0 amide bonds. The average molecular weight is 423 g/mol. The molecule has 0 atom stereocenters. The van der Waals surface area contributed by atoms with E-state index in [0.29, 0.717) is 0 Å². The first-order chi connectivity index (χ1) is 11.9. The van der Waals surface area contributed by atoms with Crippen LogP contribution in [0.25, 0.3) is 0 Å². The van der Waals surface area contributed by atoms with Crippen molar-refractivity contribution in [3.63, 3.8) is 0 Å². The van der Waals surface area contributed by atoms with Gasteiger partial charge in [-0.15, -0.1) is 0 Å².